The van der Waals surface area contributed by atoms with E-state index < -0.39 is 4.92 Å². The maximum atomic E-state index is 10.7. The molecule has 0 radical (unpaired) electrons. The Labute approximate surface area is 134 Å². The number of nitro benzene ring substituents is 1. The van der Waals surface area contributed by atoms with Gasteiger partial charge in [0.05, 0.1) is 16.6 Å². The number of halogens is 2. The Balaban J connectivity index is 2.19. The molecule has 0 atom stereocenters. The van der Waals surface area contributed by atoms with E-state index in [1.54, 1.807) is 24.3 Å². The highest BCUT2D eigenvalue weighted by Crippen LogP contribution is 2.31. The predicted molar refractivity (Wildman–Crippen MR) is 82.5 cm³/mol. The molecule has 0 fully saturated rings. The summed E-state index contributed by atoms with van der Waals surface area (Å²) in [5, 5.41) is 20.4. The molecule has 0 aliphatic heterocycles. The van der Waals surface area contributed by atoms with Crippen LogP contribution in [-0.4, -0.2) is 10.0 Å². The molecule has 2 aromatic rings. The lowest BCUT2D eigenvalue weighted by atomic mass is 10.2. The number of nitro groups is 1. The summed E-state index contributed by atoms with van der Waals surface area (Å²) in [6.45, 7) is -0.00731. The van der Waals surface area contributed by atoms with Crippen molar-refractivity contribution < 1.29 is 14.8 Å². The van der Waals surface area contributed by atoms with E-state index >= 15 is 0 Å². The molecule has 7 heteroatoms. The molecule has 0 saturated carbocycles. The fraction of sp³-hybridized carbons (Fsp3) is 0.143. The monoisotopic (exact) mass is 371 g/mol. The maximum Gasteiger partial charge on any atom is 0.270 e. The largest absolute Gasteiger partial charge is 0.487 e. The van der Waals surface area contributed by atoms with Crippen LogP contribution in [0.1, 0.15) is 11.1 Å². The number of hydrogen-bond donors (Lipinski definition) is 1. The number of benzene rings is 2. The summed E-state index contributed by atoms with van der Waals surface area (Å²) >= 11 is 9.32. The summed E-state index contributed by atoms with van der Waals surface area (Å²) < 4.78 is 6.21. The zero-order chi connectivity index (χ0) is 15.4. The lowest BCUT2D eigenvalue weighted by molar-refractivity contribution is -0.384. The fourth-order valence-corrected chi connectivity index (χ4v) is 2.49. The normalized spacial score (nSPS) is 10.4. The molecule has 0 heterocycles. The van der Waals surface area contributed by atoms with Gasteiger partial charge in [-0.1, -0.05) is 39.7 Å². The van der Waals surface area contributed by atoms with Crippen molar-refractivity contribution in [3.05, 3.63) is 67.1 Å². The Hall–Kier alpha value is -1.63. The molecule has 110 valence electrons. The van der Waals surface area contributed by atoms with Crippen molar-refractivity contribution in [3.63, 3.8) is 0 Å². The minimum Gasteiger partial charge on any atom is -0.487 e. The molecule has 0 amide bonds. The van der Waals surface area contributed by atoms with E-state index in [2.05, 4.69) is 15.9 Å². The average Bonchev–Trinajstić information content (AvgIpc) is 2.46. The third-order valence-corrected chi connectivity index (χ3v) is 3.87. The van der Waals surface area contributed by atoms with Gasteiger partial charge >= 0.3 is 0 Å². The van der Waals surface area contributed by atoms with E-state index in [0.717, 1.165) is 5.56 Å². The van der Waals surface area contributed by atoms with Gasteiger partial charge in [0.15, 0.2) is 0 Å². The Morgan fingerprint density at radius 2 is 2.05 bits per heavy atom. The van der Waals surface area contributed by atoms with Gasteiger partial charge in [-0.2, -0.15) is 0 Å². The topological polar surface area (TPSA) is 72.6 Å². The molecule has 0 aliphatic rings. The van der Waals surface area contributed by atoms with Crippen LogP contribution in [-0.2, 0) is 13.2 Å². The molecule has 0 aliphatic carbocycles. The zero-order valence-corrected chi connectivity index (χ0v) is 13.1. The first-order valence-corrected chi connectivity index (χ1v) is 7.14. The number of aliphatic hydroxyl groups is 1. The van der Waals surface area contributed by atoms with Crippen LogP contribution in [0.2, 0.25) is 5.02 Å². The summed E-state index contributed by atoms with van der Waals surface area (Å²) in [7, 11) is 0. The van der Waals surface area contributed by atoms with Crippen molar-refractivity contribution in [2.75, 3.05) is 0 Å². The van der Waals surface area contributed by atoms with Crippen molar-refractivity contribution in [1.82, 2.24) is 0 Å². The SMILES string of the molecule is O=[N+]([O-])c1ccc(COc2c(Cl)cccc2CO)c(Br)c1. The third-order valence-electron chi connectivity index (χ3n) is 2.84. The first-order chi connectivity index (χ1) is 10.0. The van der Waals surface area contributed by atoms with Crippen LogP contribution in [0.25, 0.3) is 0 Å². The standard InChI is InChI=1S/C14H11BrClNO4/c15-12-6-11(17(19)20)5-4-10(12)8-21-14-9(7-18)2-1-3-13(14)16/h1-6,18H,7-8H2. The zero-order valence-electron chi connectivity index (χ0n) is 10.8. The minimum absolute atomic E-state index is 0.000541. The van der Waals surface area contributed by atoms with Gasteiger partial charge < -0.3 is 9.84 Å². The molecule has 21 heavy (non-hydrogen) atoms. The van der Waals surface area contributed by atoms with Gasteiger partial charge in [-0.15, -0.1) is 0 Å². The quantitative estimate of drug-likeness (QED) is 0.634. The summed E-state index contributed by atoms with van der Waals surface area (Å²) in [5.41, 5.74) is 1.32. The van der Waals surface area contributed by atoms with Crippen LogP contribution in [0.15, 0.2) is 40.9 Å². The second-order valence-corrected chi connectivity index (χ2v) is 5.47. The first-order valence-electron chi connectivity index (χ1n) is 5.96. The van der Waals surface area contributed by atoms with Gasteiger partial charge in [0, 0.05) is 27.7 Å². The Morgan fingerprint density at radius 1 is 1.29 bits per heavy atom. The van der Waals surface area contributed by atoms with Crippen molar-refractivity contribution in [1.29, 1.82) is 0 Å². The highest BCUT2D eigenvalue weighted by atomic mass is 79.9. The molecular formula is C14H11BrClNO4. The highest BCUT2D eigenvalue weighted by molar-refractivity contribution is 9.10. The minimum atomic E-state index is -0.465. The lowest BCUT2D eigenvalue weighted by Crippen LogP contribution is -2.01. The second kappa shape index (κ2) is 6.89. The maximum absolute atomic E-state index is 10.7. The lowest BCUT2D eigenvalue weighted by Gasteiger charge is -2.12. The number of non-ortho nitro benzene ring substituents is 1. The first kappa shape index (κ1) is 15.8. The van der Waals surface area contributed by atoms with Gasteiger partial charge in [0.2, 0.25) is 0 Å². The molecule has 2 rings (SSSR count). The van der Waals surface area contributed by atoms with Crippen molar-refractivity contribution in [2.24, 2.45) is 0 Å². The van der Waals surface area contributed by atoms with E-state index in [1.165, 1.54) is 12.1 Å². The van der Waals surface area contributed by atoms with Crippen LogP contribution in [0, 0.1) is 10.1 Å². The van der Waals surface area contributed by atoms with E-state index in [1.807, 2.05) is 0 Å². The molecule has 0 spiro atoms. The number of hydrogen-bond acceptors (Lipinski definition) is 4. The summed E-state index contributed by atoms with van der Waals surface area (Å²) in [4.78, 5) is 10.2. The molecule has 5 nitrogen and oxygen atoms in total. The molecule has 0 bridgehead atoms. The Morgan fingerprint density at radius 3 is 2.67 bits per heavy atom. The fourth-order valence-electron chi connectivity index (χ4n) is 1.76. The van der Waals surface area contributed by atoms with Crippen LogP contribution < -0.4 is 4.74 Å². The number of aliphatic hydroxyl groups excluding tert-OH is 1. The number of rotatable bonds is 5. The van der Waals surface area contributed by atoms with Gasteiger partial charge in [0.25, 0.3) is 5.69 Å². The summed E-state index contributed by atoms with van der Waals surface area (Å²) in [6.07, 6.45) is 0. The smallest absolute Gasteiger partial charge is 0.270 e. The molecule has 2 aromatic carbocycles. The average molecular weight is 373 g/mol. The van der Waals surface area contributed by atoms with E-state index in [0.29, 0.717) is 20.8 Å². The number of ether oxygens (including phenoxy) is 1. The van der Waals surface area contributed by atoms with Crippen LogP contribution in [0.5, 0.6) is 5.75 Å². The number of para-hydroxylation sites is 1. The van der Waals surface area contributed by atoms with Gasteiger partial charge in [-0.25, -0.2) is 0 Å². The van der Waals surface area contributed by atoms with Gasteiger partial charge in [0.1, 0.15) is 12.4 Å². The number of nitrogens with zero attached hydrogens (tertiary/aromatic N) is 1. The van der Waals surface area contributed by atoms with Crippen LogP contribution in [0.4, 0.5) is 5.69 Å². The van der Waals surface area contributed by atoms with E-state index in [-0.39, 0.29) is 18.9 Å². The molecule has 0 saturated heterocycles. The molecule has 0 aromatic heterocycles. The third kappa shape index (κ3) is 3.72. The predicted octanol–water partition coefficient (Wildman–Crippen LogP) is 4.08. The highest BCUT2D eigenvalue weighted by Gasteiger charge is 2.12. The van der Waals surface area contributed by atoms with Gasteiger partial charge in [-0.05, 0) is 12.1 Å². The van der Waals surface area contributed by atoms with Crippen molar-refractivity contribution in [3.8, 4) is 5.75 Å². The molecular weight excluding hydrogens is 362 g/mol. The van der Waals surface area contributed by atoms with Crippen LogP contribution >= 0.6 is 27.5 Å². The molecule has 1 N–H and O–H groups in total. The van der Waals surface area contributed by atoms with Crippen LogP contribution in [0.3, 0.4) is 0 Å². The second-order valence-electron chi connectivity index (χ2n) is 4.21. The summed E-state index contributed by atoms with van der Waals surface area (Å²) in [5.74, 6) is 0.409. The van der Waals surface area contributed by atoms with Gasteiger partial charge in [-0.3, -0.25) is 10.1 Å². The van der Waals surface area contributed by atoms with Crippen molar-refractivity contribution in [2.45, 2.75) is 13.2 Å². The molecule has 0 unspecified atom stereocenters. The Kier molecular flexibility index (Phi) is 5.17. The van der Waals surface area contributed by atoms with E-state index in [4.69, 9.17) is 16.3 Å². The Bertz CT molecular complexity index is 678. The summed E-state index contributed by atoms with van der Waals surface area (Å²) in [6, 6.07) is 9.54. The van der Waals surface area contributed by atoms with E-state index in [9.17, 15) is 15.2 Å². The van der Waals surface area contributed by atoms with Crippen molar-refractivity contribution >= 4 is 33.2 Å².